The number of para-hydroxylation sites is 1. The van der Waals surface area contributed by atoms with E-state index in [1.165, 1.54) is 4.68 Å². The molecule has 0 radical (unpaired) electrons. The monoisotopic (exact) mass is 364 g/mol. The number of pyridine rings is 1. The quantitative estimate of drug-likeness (QED) is 0.538. The molecular weight excluding hydrogens is 344 g/mol. The summed E-state index contributed by atoms with van der Waals surface area (Å²) in [5.74, 6) is -0.332. The Hall–Kier alpha value is -3.48. The fourth-order valence-corrected chi connectivity index (χ4v) is 2.54. The van der Waals surface area contributed by atoms with Gasteiger partial charge in [0.15, 0.2) is 0 Å². The van der Waals surface area contributed by atoms with E-state index in [2.05, 4.69) is 15.1 Å². The standard InChI is InChI=1S/C20H20N4O3/c1-3-17(25)27-19-18(14(2)22-13-15-8-7-11-21-12-15)20(26)24(23-19)16-9-5-4-6-10-16/h4-12,23H,3,13H2,1-2H3. The smallest absolute Gasteiger partial charge is 0.312 e. The number of carbonyl (C=O) groups excluding carboxylic acids is 1. The Labute approximate surface area is 156 Å². The second-order valence-electron chi connectivity index (χ2n) is 5.88. The summed E-state index contributed by atoms with van der Waals surface area (Å²) in [5, 5.41) is 2.88. The fourth-order valence-electron chi connectivity index (χ4n) is 2.54. The Morgan fingerprint density at radius 3 is 2.67 bits per heavy atom. The van der Waals surface area contributed by atoms with Crippen LogP contribution < -0.4 is 10.3 Å². The number of H-pyrrole nitrogens is 1. The number of rotatable bonds is 6. The zero-order valence-electron chi connectivity index (χ0n) is 15.2. The van der Waals surface area contributed by atoms with Crippen molar-refractivity contribution in [3.05, 3.63) is 76.3 Å². The van der Waals surface area contributed by atoms with Gasteiger partial charge in [-0.05, 0) is 30.7 Å². The lowest BCUT2D eigenvalue weighted by atomic mass is 10.2. The number of aliphatic imine (C=N–C) groups is 1. The summed E-state index contributed by atoms with van der Waals surface area (Å²) in [6.45, 7) is 3.79. The Balaban J connectivity index is 2.02. The molecule has 1 aromatic carbocycles. The minimum atomic E-state index is -0.433. The van der Waals surface area contributed by atoms with Crippen LogP contribution in [0.15, 0.2) is 64.6 Å². The Morgan fingerprint density at radius 1 is 1.22 bits per heavy atom. The van der Waals surface area contributed by atoms with E-state index in [0.29, 0.717) is 17.9 Å². The molecular formula is C20H20N4O3. The molecule has 0 aliphatic heterocycles. The van der Waals surface area contributed by atoms with E-state index >= 15 is 0 Å². The predicted molar refractivity (Wildman–Crippen MR) is 102 cm³/mol. The number of hydrogen-bond acceptors (Lipinski definition) is 5. The van der Waals surface area contributed by atoms with Gasteiger partial charge in [-0.1, -0.05) is 31.2 Å². The molecule has 138 valence electrons. The normalized spacial score (nSPS) is 11.4. The zero-order valence-corrected chi connectivity index (χ0v) is 15.2. The first-order valence-electron chi connectivity index (χ1n) is 8.61. The molecule has 0 saturated heterocycles. The van der Waals surface area contributed by atoms with Crippen LogP contribution in [0.25, 0.3) is 5.69 Å². The molecule has 0 aliphatic carbocycles. The van der Waals surface area contributed by atoms with Crippen molar-refractivity contribution in [2.45, 2.75) is 26.8 Å². The van der Waals surface area contributed by atoms with Crippen LogP contribution in [0.4, 0.5) is 0 Å². The molecule has 2 aromatic heterocycles. The van der Waals surface area contributed by atoms with Crippen LogP contribution in [0, 0.1) is 0 Å². The van der Waals surface area contributed by atoms with E-state index in [4.69, 9.17) is 4.74 Å². The molecule has 2 heterocycles. The fraction of sp³-hybridized carbons (Fsp3) is 0.200. The van der Waals surface area contributed by atoms with Gasteiger partial charge in [0, 0.05) is 18.8 Å². The van der Waals surface area contributed by atoms with Crippen LogP contribution >= 0.6 is 0 Å². The molecule has 7 nitrogen and oxygen atoms in total. The minimum Gasteiger partial charge on any atom is -0.407 e. The topological polar surface area (TPSA) is 89.3 Å². The van der Waals surface area contributed by atoms with E-state index < -0.39 is 5.97 Å². The van der Waals surface area contributed by atoms with E-state index in [1.807, 2.05) is 30.3 Å². The van der Waals surface area contributed by atoms with Crippen molar-refractivity contribution in [2.24, 2.45) is 4.99 Å². The van der Waals surface area contributed by atoms with Crippen LogP contribution in [0.5, 0.6) is 5.88 Å². The van der Waals surface area contributed by atoms with Gasteiger partial charge in [-0.2, -0.15) is 0 Å². The largest absolute Gasteiger partial charge is 0.407 e. The Kier molecular flexibility index (Phi) is 5.61. The Bertz CT molecular complexity index is 1000. The molecule has 0 spiro atoms. The second-order valence-corrected chi connectivity index (χ2v) is 5.88. The van der Waals surface area contributed by atoms with Gasteiger partial charge in [0.25, 0.3) is 5.56 Å². The molecule has 7 heteroatoms. The number of ether oxygens (including phenoxy) is 1. The summed E-state index contributed by atoms with van der Waals surface area (Å²) in [7, 11) is 0. The molecule has 0 bridgehead atoms. The van der Waals surface area contributed by atoms with E-state index in [-0.39, 0.29) is 23.4 Å². The van der Waals surface area contributed by atoms with Gasteiger partial charge in [-0.15, -0.1) is 0 Å². The minimum absolute atomic E-state index is 0.100. The number of hydrogen-bond donors (Lipinski definition) is 1. The lowest BCUT2D eigenvalue weighted by molar-refractivity contribution is -0.134. The van der Waals surface area contributed by atoms with Crippen LogP contribution in [-0.2, 0) is 11.3 Å². The summed E-state index contributed by atoms with van der Waals surface area (Å²) in [6, 6.07) is 12.8. The number of aromatic amines is 1. The molecule has 0 atom stereocenters. The average molecular weight is 364 g/mol. The van der Waals surface area contributed by atoms with Gasteiger partial charge in [0.05, 0.1) is 17.9 Å². The summed E-state index contributed by atoms with van der Waals surface area (Å²) in [4.78, 5) is 33.3. The molecule has 0 amide bonds. The third-order valence-corrected chi connectivity index (χ3v) is 3.96. The highest BCUT2D eigenvalue weighted by molar-refractivity contribution is 6.01. The van der Waals surface area contributed by atoms with Crippen LogP contribution in [0.3, 0.4) is 0 Å². The third-order valence-electron chi connectivity index (χ3n) is 3.96. The van der Waals surface area contributed by atoms with Crippen molar-refractivity contribution in [3.63, 3.8) is 0 Å². The number of aromatic nitrogens is 3. The summed E-state index contributed by atoms with van der Waals surface area (Å²) in [5.41, 5.74) is 1.95. The number of esters is 1. The van der Waals surface area contributed by atoms with E-state index in [1.54, 1.807) is 38.4 Å². The lowest BCUT2D eigenvalue weighted by Gasteiger charge is -2.03. The maximum atomic E-state index is 13.0. The molecule has 3 rings (SSSR count). The van der Waals surface area contributed by atoms with Gasteiger partial charge < -0.3 is 4.74 Å². The highest BCUT2D eigenvalue weighted by Crippen LogP contribution is 2.17. The maximum absolute atomic E-state index is 13.0. The number of nitrogens with one attached hydrogen (secondary N) is 1. The third kappa shape index (κ3) is 4.20. The van der Waals surface area contributed by atoms with E-state index in [0.717, 1.165) is 5.56 Å². The van der Waals surface area contributed by atoms with Gasteiger partial charge in [-0.25, -0.2) is 4.68 Å². The SMILES string of the molecule is CCC(=O)Oc1[nH]n(-c2ccccc2)c(=O)c1C(C)=NCc1cccnc1. The van der Waals surface area contributed by atoms with Gasteiger partial charge in [0.2, 0.25) is 5.88 Å². The summed E-state index contributed by atoms with van der Waals surface area (Å²) < 4.78 is 6.69. The number of nitrogens with zero attached hydrogens (tertiary/aromatic N) is 3. The number of benzene rings is 1. The van der Waals surface area contributed by atoms with Crippen molar-refractivity contribution in [1.82, 2.24) is 14.8 Å². The van der Waals surface area contributed by atoms with Crippen LogP contribution in [0.1, 0.15) is 31.4 Å². The Morgan fingerprint density at radius 2 is 2.00 bits per heavy atom. The van der Waals surface area contributed by atoms with Crippen molar-refractivity contribution in [2.75, 3.05) is 0 Å². The van der Waals surface area contributed by atoms with Crippen molar-refractivity contribution < 1.29 is 9.53 Å². The first-order chi connectivity index (χ1) is 13.1. The van der Waals surface area contributed by atoms with E-state index in [9.17, 15) is 9.59 Å². The molecule has 0 aliphatic rings. The maximum Gasteiger partial charge on any atom is 0.312 e. The molecule has 0 fully saturated rings. The molecule has 0 saturated carbocycles. The molecule has 3 aromatic rings. The van der Waals surface area contributed by atoms with Crippen LogP contribution in [-0.4, -0.2) is 26.4 Å². The summed E-state index contributed by atoms with van der Waals surface area (Å²) >= 11 is 0. The first-order valence-corrected chi connectivity index (χ1v) is 8.61. The van der Waals surface area contributed by atoms with Crippen molar-refractivity contribution in [3.8, 4) is 11.6 Å². The highest BCUT2D eigenvalue weighted by atomic mass is 16.5. The van der Waals surface area contributed by atoms with Crippen LogP contribution in [0.2, 0.25) is 0 Å². The molecule has 27 heavy (non-hydrogen) atoms. The lowest BCUT2D eigenvalue weighted by Crippen LogP contribution is -2.20. The van der Waals surface area contributed by atoms with Gasteiger partial charge in [-0.3, -0.25) is 24.7 Å². The molecule has 1 N–H and O–H groups in total. The van der Waals surface area contributed by atoms with Crippen molar-refractivity contribution in [1.29, 1.82) is 0 Å². The number of carbonyl (C=O) groups is 1. The summed E-state index contributed by atoms with van der Waals surface area (Å²) in [6.07, 6.45) is 3.60. The highest BCUT2D eigenvalue weighted by Gasteiger charge is 2.21. The second kappa shape index (κ2) is 8.27. The molecule has 0 unspecified atom stereocenters. The van der Waals surface area contributed by atoms with Gasteiger partial charge in [0.1, 0.15) is 5.56 Å². The average Bonchev–Trinajstić information content (AvgIpc) is 3.03. The first kappa shape index (κ1) is 18.3. The zero-order chi connectivity index (χ0) is 19.2. The predicted octanol–water partition coefficient (Wildman–Crippen LogP) is 2.89. The van der Waals surface area contributed by atoms with Crippen molar-refractivity contribution >= 4 is 11.7 Å². The van der Waals surface area contributed by atoms with Gasteiger partial charge >= 0.3 is 5.97 Å².